The molecular weight excluding hydrogens is 525 g/mol. The van der Waals surface area contributed by atoms with Gasteiger partial charge in [-0.1, -0.05) is 0 Å². The second-order valence-electron chi connectivity index (χ2n) is 6.88. The molecule has 10 nitrogen and oxygen atoms in total. The van der Waals surface area contributed by atoms with Crippen molar-refractivity contribution in [2.75, 3.05) is 52.1 Å². The van der Waals surface area contributed by atoms with Gasteiger partial charge in [-0.2, -0.15) is 4.31 Å². The van der Waals surface area contributed by atoms with E-state index in [4.69, 9.17) is 9.15 Å². The largest absolute Gasteiger partial charge is 0.467 e. The Bertz CT molecular complexity index is 762. The molecule has 0 atom stereocenters. The van der Waals surface area contributed by atoms with Crippen molar-refractivity contribution in [2.24, 2.45) is 4.99 Å². The Labute approximate surface area is 195 Å². The fraction of sp³-hybridized carbons (Fsp3) is 0.667. The molecule has 0 unspecified atom stereocenters. The van der Waals surface area contributed by atoms with Crippen molar-refractivity contribution in [3.8, 4) is 0 Å². The standard InChI is InChI=1S/C18H31N5O5S.HI/c1-15(2)27-11-12-29(25,26)23-8-6-22(7-9-23)18(19-3)21-14-17(24)20-13-16-5-4-10-28-16;/h4-5,10,15H,6-9,11-14H2,1-3H3,(H,19,21)(H,20,24);1H. The van der Waals surface area contributed by atoms with Gasteiger partial charge in [0, 0.05) is 33.2 Å². The van der Waals surface area contributed by atoms with Crippen molar-refractivity contribution in [3.05, 3.63) is 24.2 Å². The van der Waals surface area contributed by atoms with Crippen molar-refractivity contribution >= 4 is 45.9 Å². The van der Waals surface area contributed by atoms with E-state index in [0.717, 1.165) is 0 Å². The third-order valence-electron chi connectivity index (χ3n) is 4.38. The Morgan fingerprint density at radius 2 is 1.97 bits per heavy atom. The normalized spacial score (nSPS) is 15.7. The van der Waals surface area contributed by atoms with Crippen molar-refractivity contribution in [1.82, 2.24) is 19.8 Å². The third-order valence-corrected chi connectivity index (χ3v) is 6.22. The molecule has 0 radical (unpaired) electrons. The molecule has 30 heavy (non-hydrogen) atoms. The lowest BCUT2D eigenvalue weighted by Crippen LogP contribution is -2.55. The number of rotatable bonds is 9. The van der Waals surface area contributed by atoms with Crippen LogP contribution in [0.25, 0.3) is 0 Å². The van der Waals surface area contributed by atoms with Gasteiger partial charge in [0.1, 0.15) is 5.76 Å². The SMILES string of the molecule is CN=C(NCC(=O)NCc1ccco1)N1CCN(S(=O)(=O)CCOC(C)C)CC1.I. The summed E-state index contributed by atoms with van der Waals surface area (Å²) in [6, 6.07) is 3.55. The number of nitrogens with one attached hydrogen (secondary N) is 2. The van der Waals surface area contributed by atoms with Gasteiger partial charge < -0.3 is 24.7 Å². The summed E-state index contributed by atoms with van der Waals surface area (Å²) in [5.74, 6) is 1.04. The number of halogens is 1. The first-order valence-electron chi connectivity index (χ1n) is 9.66. The Balaban J connectivity index is 0.00000450. The maximum absolute atomic E-state index is 12.4. The summed E-state index contributed by atoms with van der Waals surface area (Å²) >= 11 is 0. The molecule has 1 aromatic rings. The summed E-state index contributed by atoms with van der Waals surface area (Å²) in [6.45, 7) is 6.07. The van der Waals surface area contributed by atoms with Gasteiger partial charge in [-0.25, -0.2) is 8.42 Å². The maximum atomic E-state index is 12.4. The summed E-state index contributed by atoms with van der Waals surface area (Å²) in [6.07, 6.45) is 1.56. The summed E-state index contributed by atoms with van der Waals surface area (Å²) in [7, 11) is -1.71. The minimum atomic E-state index is -3.34. The molecule has 12 heteroatoms. The summed E-state index contributed by atoms with van der Waals surface area (Å²) in [5, 5.41) is 5.77. The summed E-state index contributed by atoms with van der Waals surface area (Å²) in [4.78, 5) is 18.1. The first-order chi connectivity index (χ1) is 13.8. The number of piperazine rings is 1. The molecule has 0 bridgehead atoms. The van der Waals surface area contributed by atoms with Crippen LogP contribution in [0, 0.1) is 0 Å². The van der Waals surface area contributed by atoms with Crippen LogP contribution in [-0.4, -0.2) is 87.7 Å². The summed E-state index contributed by atoms with van der Waals surface area (Å²) < 4.78 is 36.8. The minimum absolute atomic E-state index is 0. The van der Waals surface area contributed by atoms with Crippen molar-refractivity contribution in [3.63, 3.8) is 0 Å². The molecule has 2 rings (SSSR count). The van der Waals surface area contributed by atoms with Gasteiger partial charge in [0.25, 0.3) is 0 Å². The van der Waals surface area contributed by atoms with Gasteiger partial charge in [-0.15, -0.1) is 24.0 Å². The van der Waals surface area contributed by atoms with E-state index in [0.29, 0.717) is 44.4 Å². The first-order valence-corrected chi connectivity index (χ1v) is 11.3. The molecule has 1 amide bonds. The molecule has 0 aliphatic carbocycles. The molecule has 2 heterocycles. The molecule has 1 fully saturated rings. The van der Waals surface area contributed by atoms with E-state index in [1.54, 1.807) is 25.4 Å². The van der Waals surface area contributed by atoms with E-state index in [1.165, 1.54) is 4.31 Å². The zero-order valence-electron chi connectivity index (χ0n) is 17.7. The number of sulfonamides is 1. The van der Waals surface area contributed by atoms with Crippen LogP contribution in [-0.2, 0) is 26.1 Å². The van der Waals surface area contributed by atoms with Crippen LogP contribution < -0.4 is 10.6 Å². The quantitative estimate of drug-likeness (QED) is 0.258. The smallest absolute Gasteiger partial charge is 0.239 e. The molecule has 0 saturated carbocycles. The van der Waals surface area contributed by atoms with Crippen LogP contribution in [0.15, 0.2) is 27.8 Å². The Morgan fingerprint density at radius 3 is 2.53 bits per heavy atom. The predicted octanol–water partition coefficient (Wildman–Crippen LogP) is 0.462. The van der Waals surface area contributed by atoms with Crippen LogP contribution >= 0.6 is 24.0 Å². The van der Waals surface area contributed by atoms with E-state index in [-0.39, 0.29) is 54.9 Å². The van der Waals surface area contributed by atoms with E-state index in [1.807, 2.05) is 18.7 Å². The van der Waals surface area contributed by atoms with Gasteiger partial charge in [-0.3, -0.25) is 9.79 Å². The number of amides is 1. The van der Waals surface area contributed by atoms with Crippen molar-refractivity contribution in [1.29, 1.82) is 0 Å². The molecule has 1 aliphatic rings. The molecule has 0 aromatic carbocycles. The number of furan rings is 1. The van der Waals surface area contributed by atoms with Crippen LogP contribution in [0.3, 0.4) is 0 Å². The van der Waals surface area contributed by atoms with Gasteiger partial charge in [0.05, 0.1) is 37.8 Å². The van der Waals surface area contributed by atoms with Gasteiger partial charge >= 0.3 is 0 Å². The molecule has 1 saturated heterocycles. The molecule has 1 aromatic heterocycles. The second-order valence-corrected chi connectivity index (χ2v) is 8.97. The van der Waals surface area contributed by atoms with Crippen molar-refractivity contribution in [2.45, 2.75) is 26.5 Å². The lowest BCUT2D eigenvalue weighted by Gasteiger charge is -2.35. The van der Waals surface area contributed by atoms with Crippen LogP contribution in [0.5, 0.6) is 0 Å². The Morgan fingerprint density at radius 1 is 1.27 bits per heavy atom. The summed E-state index contributed by atoms with van der Waals surface area (Å²) in [5.41, 5.74) is 0. The lowest BCUT2D eigenvalue weighted by atomic mass is 10.4. The topological polar surface area (TPSA) is 116 Å². The zero-order valence-corrected chi connectivity index (χ0v) is 20.8. The van der Waals surface area contributed by atoms with E-state index in [9.17, 15) is 13.2 Å². The molecule has 0 spiro atoms. The Kier molecular flexibility index (Phi) is 11.7. The number of ether oxygens (including phenoxy) is 1. The maximum Gasteiger partial charge on any atom is 0.239 e. The highest BCUT2D eigenvalue weighted by Gasteiger charge is 2.28. The monoisotopic (exact) mass is 557 g/mol. The number of nitrogens with zero attached hydrogens (tertiary/aromatic N) is 3. The van der Waals surface area contributed by atoms with Gasteiger partial charge in [0.15, 0.2) is 5.96 Å². The highest BCUT2D eigenvalue weighted by Crippen LogP contribution is 2.09. The van der Waals surface area contributed by atoms with Crippen LogP contribution in [0.2, 0.25) is 0 Å². The van der Waals surface area contributed by atoms with E-state index < -0.39 is 10.0 Å². The predicted molar refractivity (Wildman–Crippen MR) is 125 cm³/mol. The fourth-order valence-electron chi connectivity index (χ4n) is 2.85. The average molecular weight is 557 g/mol. The third kappa shape index (κ3) is 8.78. The number of hydrogen-bond donors (Lipinski definition) is 2. The number of guanidine groups is 1. The minimum Gasteiger partial charge on any atom is -0.467 e. The number of aliphatic imine (C=N–C) groups is 1. The first kappa shape index (κ1) is 26.7. The zero-order chi connectivity index (χ0) is 21.3. The number of carbonyl (C=O) groups excluding carboxylic acids is 1. The van der Waals surface area contributed by atoms with Crippen LogP contribution in [0.1, 0.15) is 19.6 Å². The number of hydrogen-bond acceptors (Lipinski definition) is 6. The Hall–Kier alpha value is -1.38. The molecular formula is C18H32IN5O5S. The highest BCUT2D eigenvalue weighted by molar-refractivity contribution is 14.0. The van der Waals surface area contributed by atoms with E-state index in [2.05, 4.69) is 15.6 Å². The van der Waals surface area contributed by atoms with Gasteiger partial charge in [-0.05, 0) is 26.0 Å². The molecule has 172 valence electrons. The van der Waals surface area contributed by atoms with E-state index >= 15 is 0 Å². The molecule has 1 aliphatic heterocycles. The second kappa shape index (κ2) is 13.1. The highest BCUT2D eigenvalue weighted by atomic mass is 127. The van der Waals surface area contributed by atoms with Crippen LogP contribution in [0.4, 0.5) is 0 Å². The lowest BCUT2D eigenvalue weighted by molar-refractivity contribution is -0.120. The average Bonchev–Trinajstić information content (AvgIpc) is 3.20. The number of carbonyl (C=O) groups is 1. The van der Waals surface area contributed by atoms with Gasteiger partial charge in [0.2, 0.25) is 15.9 Å². The van der Waals surface area contributed by atoms with Crippen molar-refractivity contribution < 1.29 is 22.4 Å². The molecule has 2 N–H and O–H groups in total. The fourth-order valence-corrected chi connectivity index (χ4v) is 4.13.